The van der Waals surface area contributed by atoms with Crippen molar-refractivity contribution in [2.75, 3.05) is 39.3 Å². The molecule has 4 aromatic rings. The molecule has 33 heavy (non-hydrogen) atoms. The maximum atomic E-state index is 6.29. The van der Waals surface area contributed by atoms with Crippen LogP contribution in [0.3, 0.4) is 0 Å². The average Bonchev–Trinajstić information content (AvgIpc) is 3.28. The molecule has 5 rings (SSSR count). The SMILES string of the molecule is Clc1nc(-c2ccccc2)c2ccn(-c3ccc(C=NCCCN4CCNCC4)cc3)c2n1. The molecule has 6 nitrogen and oxygen atoms in total. The number of hydrogen-bond acceptors (Lipinski definition) is 5. The molecule has 1 fully saturated rings. The lowest BCUT2D eigenvalue weighted by Crippen LogP contribution is -2.43. The smallest absolute Gasteiger partial charge is 0.224 e. The summed E-state index contributed by atoms with van der Waals surface area (Å²) in [6, 6.07) is 20.4. The normalized spacial score (nSPS) is 14.9. The molecule has 1 aliphatic heterocycles. The molecule has 7 heteroatoms. The van der Waals surface area contributed by atoms with Crippen molar-refractivity contribution in [3.63, 3.8) is 0 Å². The Balaban J connectivity index is 1.29. The third kappa shape index (κ3) is 5.14. The lowest BCUT2D eigenvalue weighted by molar-refractivity contribution is 0.240. The number of nitrogens with zero attached hydrogens (tertiary/aromatic N) is 5. The zero-order valence-electron chi connectivity index (χ0n) is 18.5. The topological polar surface area (TPSA) is 58.3 Å². The van der Waals surface area contributed by atoms with Gasteiger partial charge in [0.25, 0.3) is 0 Å². The molecule has 0 amide bonds. The van der Waals surface area contributed by atoms with Gasteiger partial charge in [-0.25, -0.2) is 4.98 Å². The highest BCUT2D eigenvalue weighted by Gasteiger charge is 2.13. The van der Waals surface area contributed by atoms with E-state index in [0.29, 0.717) is 0 Å². The second-order valence-electron chi connectivity index (χ2n) is 8.20. The van der Waals surface area contributed by atoms with Gasteiger partial charge in [-0.1, -0.05) is 42.5 Å². The van der Waals surface area contributed by atoms with Crippen LogP contribution in [0.4, 0.5) is 0 Å². The predicted molar refractivity (Wildman–Crippen MR) is 136 cm³/mol. The molecule has 0 bridgehead atoms. The minimum absolute atomic E-state index is 0.242. The summed E-state index contributed by atoms with van der Waals surface area (Å²) >= 11 is 6.29. The van der Waals surface area contributed by atoms with Gasteiger partial charge in [-0.3, -0.25) is 4.99 Å². The van der Waals surface area contributed by atoms with Crippen LogP contribution < -0.4 is 5.32 Å². The van der Waals surface area contributed by atoms with E-state index in [0.717, 1.165) is 79.2 Å². The summed E-state index contributed by atoms with van der Waals surface area (Å²) in [6.07, 6.45) is 5.07. The Kier molecular flexibility index (Phi) is 6.76. The molecule has 0 unspecified atom stereocenters. The standard InChI is InChI=1S/C26H27ClN6/c27-26-30-24(21-5-2-1-3-6-21)23-11-16-33(25(23)31-26)22-9-7-20(8-10-22)19-29-12-4-15-32-17-13-28-14-18-32/h1-3,5-11,16,19,28H,4,12-15,17-18H2. The van der Waals surface area contributed by atoms with Crippen molar-refractivity contribution in [2.24, 2.45) is 4.99 Å². The van der Waals surface area contributed by atoms with Crippen molar-refractivity contribution in [1.29, 1.82) is 0 Å². The zero-order chi connectivity index (χ0) is 22.5. The van der Waals surface area contributed by atoms with Crippen LogP contribution in [0, 0.1) is 0 Å². The molecule has 168 valence electrons. The molecule has 1 aliphatic rings. The van der Waals surface area contributed by atoms with Crippen LogP contribution in [0.15, 0.2) is 71.9 Å². The van der Waals surface area contributed by atoms with Crippen LogP contribution in [0.1, 0.15) is 12.0 Å². The van der Waals surface area contributed by atoms with E-state index in [-0.39, 0.29) is 5.28 Å². The summed E-state index contributed by atoms with van der Waals surface area (Å²) in [6.45, 7) is 6.44. The molecule has 0 radical (unpaired) electrons. The Morgan fingerprint density at radius 2 is 1.76 bits per heavy atom. The van der Waals surface area contributed by atoms with E-state index in [1.54, 1.807) is 0 Å². The number of rotatable bonds is 7. The maximum absolute atomic E-state index is 6.29. The number of fused-ring (bicyclic) bond motifs is 1. The summed E-state index contributed by atoms with van der Waals surface area (Å²) in [4.78, 5) is 16.1. The maximum Gasteiger partial charge on any atom is 0.224 e. The minimum Gasteiger partial charge on any atom is -0.314 e. The molecule has 3 heterocycles. The first kappa shape index (κ1) is 21.8. The van der Waals surface area contributed by atoms with E-state index in [4.69, 9.17) is 11.6 Å². The first-order chi connectivity index (χ1) is 16.3. The van der Waals surface area contributed by atoms with Crippen molar-refractivity contribution in [3.05, 3.63) is 77.7 Å². The molecule has 0 atom stereocenters. The molecular formula is C26H27ClN6. The number of hydrogen-bond donors (Lipinski definition) is 1. The van der Waals surface area contributed by atoms with Crippen molar-refractivity contribution in [2.45, 2.75) is 6.42 Å². The van der Waals surface area contributed by atoms with Gasteiger partial charge in [-0.05, 0) is 48.3 Å². The molecule has 0 aliphatic carbocycles. The largest absolute Gasteiger partial charge is 0.314 e. The lowest BCUT2D eigenvalue weighted by atomic mass is 10.1. The number of aliphatic imine (C=N–C) groups is 1. The van der Waals surface area contributed by atoms with Crippen molar-refractivity contribution >= 4 is 28.8 Å². The number of nitrogens with one attached hydrogen (secondary N) is 1. The van der Waals surface area contributed by atoms with E-state index in [2.05, 4.69) is 49.4 Å². The lowest BCUT2D eigenvalue weighted by Gasteiger charge is -2.26. The fourth-order valence-electron chi connectivity index (χ4n) is 4.22. The van der Waals surface area contributed by atoms with Crippen molar-refractivity contribution in [1.82, 2.24) is 24.8 Å². The first-order valence-corrected chi connectivity index (χ1v) is 11.8. The summed E-state index contributed by atoms with van der Waals surface area (Å²) in [7, 11) is 0. The van der Waals surface area contributed by atoms with Gasteiger partial charge in [0.15, 0.2) is 0 Å². The van der Waals surface area contributed by atoms with Gasteiger partial charge >= 0.3 is 0 Å². The quantitative estimate of drug-likeness (QED) is 0.252. The summed E-state index contributed by atoms with van der Waals surface area (Å²) in [5, 5.41) is 4.60. The van der Waals surface area contributed by atoms with Crippen LogP contribution >= 0.6 is 11.6 Å². The highest BCUT2D eigenvalue weighted by atomic mass is 35.5. The van der Waals surface area contributed by atoms with Gasteiger partial charge in [0.1, 0.15) is 5.65 Å². The Morgan fingerprint density at radius 3 is 2.55 bits per heavy atom. The van der Waals surface area contributed by atoms with Gasteiger partial charge in [0.05, 0.1) is 5.69 Å². The summed E-state index contributed by atoms with van der Waals surface area (Å²) in [5.41, 5.74) is 4.77. The summed E-state index contributed by atoms with van der Waals surface area (Å²) in [5.74, 6) is 0. The van der Waals surface area contributed by atoms with E-state index >= 15 is 0 Å². The molecular weight excluding hydrogens is 432 g/mol. The van der Waals surface area contributed by atoms with E-state index < -0.39 is 0 Å². The highest BCUT2D eigenvalue weighted by Crippen LogP contribution is 2.29. The van der Waals surface area contributed by atoms with E-state index in [1.165, 1.54) is 0 Å². The summed E-state index contributed by atoms with van der Waals surface area (Å²) < 4.78 is 2.05. The van der Waals surface area contributed by atoms with Crippen LogP contribution in [-0.2, 0) is 0 Å². The second-order valence-corrected chi connectivity index (χ2v) is 8.54. The van der Waals surface area contributed by atoms with Gasteiger partial charge in [-0.2, -0.15) is 4.98 Å². The minimum atomic E-state index is 0.242. The fourth-order valence-corrected chi connectivity index (χ4v) is 4.39. The highest BCUT2D eigenvalue weighted by molar-refractivity contribution is 6.28. The number of benzene rings is 2. The third-order valence-electron chi connectivity index (χ3n) is 5.95. The molecule has 2 aromatic carbocycles. The van der Waals surface area contributed by atoms with Crippen molar-refractivity contribution < 1.29 is 0 Å². The number of aromatic nitrogens is 3. The van der Waals surface area contributed by atoms with Crippen LogP contribution in [-0.4, -0.2) is 64.9 Å². The molecule has 2 aromatic heterocycles. The number of piperazine rings is 1. The second kappa shape index (κ2) is 10.3. The Bertz CT molecular complexity index is 1230. The fraction of sp³-hybridized carbons (Fsp3) is 0.269. The van der Waals surface area contributed by atoms with Crippen molar-refractivity contribution in [3.8, 4) is 16.9 Å². The van der Waals surface area contributed by atoms with Crippen LogP contribution in [0.25, 0.3) is 28.0 Å². The molecule has 0 spiro atoms. The monoisotopic (exact) mass is 458 g/mol. The zero-order valence-corrected chi connectivity index (χ0v) is 19.2. The average molecular weight is 459 g/mol. The first-order valence-electron chi connectivity index (χ1n) is 11.4. The molecule has 1 saturated heterocycles. The van der Waals surface area contributed by atoms with Crippen LogP contribution in [0.5, 0.6) is 0 Å². The van der Waals surface area contributed by atoms with E-state index in [1.807, 2.05) is 53.4 Å². The Labute approximate surface area is 199 Å². The van der Waals surface area contributed by atoms with Gasteiger partial charge in [0.2, 0.25) is 5.28 Å². The van der Waals surface area contributed by atoms with Gasteiger partial charge < -0.3 is 14.8 Å². The van der Waals surface area contributed by atoms with Gasteiger partial charge in [0, 0.05) is 61.8 Å². The molecule has 0 saturated carbocycles. The van der Waals surface area contributed by atoms with Crippen LogP contribution in [0.2, 0.25) is 5.28 Å². The Morgan fingerprint density at radius 1 is 0.970 bits per heavy atom. The molecule has 1 N–H and O–H groups in total. The number of halogens is 1. The Hall–Kier alpha value is -3.06. The van der Waals surface area contributed by atoms with Gasteiger partial charge in [-0.15, -0.1) is 0 Å². The third-order valence-corrected chi connectivity index (χ3v) is 6.12. The predicted octanol–water partition coefficient (Wildman–Crippen LogP) is 4.46. The van der Waals surface area contributed by atoms with E-state index in [9.17, 15) is 0 Å².